The smallest absolute Gasteiger partial charge is 0.237 e. The first-order chi connectivity index (χ1) is 13.5. The van der Waals surface area contributed by atoms with E-state index in [1.165, 1.54) is 31.5 Å². The van der Waals surface area contributed by atoms with Crippen LogP contribution in [0.4, 0.5) is 11.6 Å². The number of carbonyl (C=O) groups excluding carboxylic acids is 2. The third-order valence-corrected chi connectivity index (χ3v) is 6.22. The van der Waals surface area contributed by atoms with Gasteiger partial charge in [-0.05, 0) is 51.7 Å². The molecule has 0 radical (unpaired) electrons. The second kappa shape index (κ2) is 7.95. The number of thioether (sulfide) groups is 1. The molecule has 148 valence electrons. The van der Waals surface area contributed by atoms with Crippen LogP contribution < -0.4 is 10.2 Å². The Morgan fingerprint density at radius 3 is 2.57 bits per heavy atom. The second-order valence-electron chi connectivity index (χ2n) is 7.43. The molecule has 2 fully saturated rings. The van der Waals surface area contributed by atoms with E-state index < -0.39 is 0 Å². The topological polar surface area (TPSA) is 80.1 Å². The molecule has 2 aliphatic rings. The van der Waals surface area contributed by atoms with Crippen molar-refractivity contribution >= 4 is 35.1 Å². The van der Waals surface area contributed by atoms with Gasteiger partial charge in [0.1, 0.15) is 0 Å². The number of aromatic nitrogens is 3. The number of benzene rings is 1. The molecule has 8 heteroatoms. The lowest BCUT2D eigenvalue weighted by Crippen LogP contribution is -2.24. The molecule has 1 aliphatic heterocycles. The Hall–Kier alpha value is -2.35. The Bertz CT molecular complexity index is 886. The molecule has 2 aromatic rings. The fourth-order valence-corrected chi connectivity index (χ4v) is 4.39. The van der Waals surface area contributed by atoms with Crippen LogP contribution in [-0.2, 0) is 4.79 Å². The highest BCUT2D eigenvalue weighted by molar-refractivity contribution is 8.00. The van der Waals surface area contributed by atoms with Crippen molar-refractivity contribution in [3.05, 3.63) is 29.8 Å². The summed E-state index contributed by atoms with van der Waals surface area (Å²) in [5.41, 5.74) is 1.07. The summed E-state index contributed by atoms with van der Waals surface area (Å²) in [6.45, 7) is 5.40. The Morgan fingerprint density at radius 1 is 1.18 bits per heavy atom. The van der Waals surface area contributed by atoms with Gasteiger partial charge in [0, 0.05) is 24.7 Å². The lowest BCUT2D eigenvalue weighted by molar-refractivity contribution is -0.115. The summed E-state index contributed by atoms with van der Waals surface area (Å²) in [5.74, 6) is 0.726. The zero-order valence-corrected chi connectivity index (χ0v) is 17.0. The third-order valence-electron chi connectivity index (χ3n) is 5.16. The number of hydrogen-bond donors (Lipinski definition) is 1. The number of para-hydroxylation sites is 1. The molecule has 2 heterocycles. The molecular weight excluding hydrogens is 374 g/mol. The quantitative estimate of drug-likeness (QED) is 0.567. The van der Waals surface area contributed by atoms with Crippen LogP contribution in [0.15, 0.2) is 29.4 Å². The van der Waals surface area contributed by atoms with Gasteiger partial charge in [-0.25, -0.2) is 0 Å². The van der Waals surface area contributed by atoms with E-state index in [2.05, 4.69) is 25.0 Å². The fraction of sp³-hybridized carbons (Fsp3) is 0.500. The zero-order chi connectivity index (χ0) is 19.7. The minimum Gasteiger partial charge on any atom is -0.341 e. The van der Waals surface area contributed by atoms with Crippen LogP contribution in [0.1, 0.15) is 55.9 Å². The van der Waals surface area contributed by atoms with E-state index >= 15 is 0 Å². The molecule has 1 aromatic heterocycles. The molecule has 1 unspecified atom stereocenters. The van der Waals surface area contributed by atoms with Crippen molar-refractivity contribution in [1.82, 2.24) is 14.8 Å². The average Bonchev–Trinajstić information content (AvgIpc) is 3.20. The normalized spacial score (nSPS) is 17.6. The standard InChI is InChI=1S/C20H25N5O2S/c1-13(26)16-7-3-4-8-17(16)21-18(27)14(2)28-20-23-22-19(24-11-5-6-12-24)25(20)15-9-10-15/h3-4,7-8,14-15H,5-6,9-12H2,1-2H3,(H,21,27). The van der Waals surface area contributed by atoms with Crippen LogP contribution in [0.5, 0.6) is 0 Å². The summed E-state index contributed by atoms with van der Waals surface area (Å²) in [6.07, 6.45) is 4.65. The number of nitrogens with zero attached hydrogens (tertiary/aromatic N) is 4. The van der Waals surface area contributed by atoms with E-state index in [9.17, 15) is 9.59 Å². The number of rotatable bonds is 7. The molecule has 1 N–H and O–H groups in total. The molecule has 1 saturated carbocycles. The largest absolute Gasteiger partial charge is 0.341 e. The van der Waals surface area contributed by atoms with Crippen molar-refractivity contribution in [2.24, 2.45) is 0 Å². The lowest BCUT2D eigenvalue weighted by atomic mass is 10.1. The van der Waals surface area contributed by atoms with Crippen LogP contribution in [0.2, 0.25) is 0 Å². The van der Waals surface area contributed by atoms with Crippen LogP contribution in [-0.4, -0.2) is 44.8 Å². The number of carbonyl (C=O) groups is 2. The van der Waals surface area contributed by atoms with Gasteiger partial charge in [0.05, 0.1) is 10.9 Å². The van der Waals surface area contributed by atoms with E-state index in [4.69, 9.17) is 0 Å². The number of hydrogen-bond acceptors (Lipinski definition) is 6. The maximum atomic E-state index is 12.7. The van der Waals surface area contributed by atoms with Gasteiger partial charge in [-0.15, -0.1) is 10.2 Å². The molecule has 1 atom stereocenters. The maximum Gasteiger partial charge on any atom is 0.237 e. The monoisotopic (exact) mass is 399 g/mol. The molecular formula is C20H25N5O2S. The average molecular weight is 400 g/mol. The van der Waals surface area contributed by atoms with Gasteiger partial charge in [0.2, 0.25) is 11.9 Å². The van der Waals surface area contributed by atoms with Gasteiger partial charge in [0.25, 0.3) is 0 Å². The summed E-state index contributed by atoms with van der Waals surface area (Å²) < 4.78 is 2.21. The Morgan fingerprint density at radius 2 is 1.89 bits per heavy atom. The van der Waals surface area contributed by atoms with Crippen molar-refractivity contribution in [3.8, 4) is 0 Å². The lowest BCUT2D eigenvalue weighted by Gasteiger charge is -2.19. The van der Waals surface area contributed by atoms with Gasteiger partial charge in [-0.2, -0.15) is 0 Å². The van der Waals surface area contributed by atoms with E-state index in [1.807, 2.05) is 13.0 Å². The Labute approximate surface area is 168 Å². The predicted octanol–water partition coefficient (Wildman–Crippen LogP) is 3.54. The van der Waals surface area contributed by atoms with Crippen molar-refractivity contribution in [2.45, 2.75) is 56.0 Å². The molecule has 4 rings (SSSR count). The van der Waals surface area contributed by atoms with E-state index in [-0.39, 0.29) is 16.9 Å². The van der Waals surface area contributed by atoms with Gasteiger partial charge in [-0.3, -0.25) is 14.2 Å². The highest BCUT2D eigenvalue weighted by Gasteiger charge is 2.33. The number of ketones is 1. The number of anilines is 2. The van der Waals surface area contributed by atoms with Crippen LogP contribution in [0.3, 0.4) is 0 Å². The van der Waals surface area contributed by atoms with E-state index in [1.54, 1.807) is 18.2 Å². The first-order valence-corrected chi connectivity index (χ1v) is 10.7. The minimum atomic E-state index is -0.354. The van der Waals surface area contributed by atoms with Crippen LogP contribution in [0.25, 0.3) is 0 Å². The molecule has 1 aromatic carbocycles. The number of nitrogens with one attached hydrogen (secondary N) is 1. The molecule has 1 aliphatic carbocycles. The third kappa shape index (κ3) is 3.92. The van der Waals surface area contributed by atoms with Crippen molar-refractivity contribution < 1.29 is 9.59 Å². The molecule has 0 bridgehead atoms. The second-order valence-corrected chi connectivity index (χ2v) is 8.74. The Kier molecular flexibility index (Phi) is 5.39. The summed E-state index contributed by atoms with van der Waals surface area (Å²) in [7, 11) is 0. The summed E-state index contributed by atoms with van der Waals surface area (Å²) in [5, 5.41) is 12.2. The van der Waals surface area contributed by atoms with Crippen molar-refractivity contribution in [2.75, 3.05) is 23.3 Å². The first-order valence-electron chi connectivity index (χ1n) is 9.82. The van der Waals surface area contributed by atoms with Gasteiger partial charge in [0.15, 0.2) is 10.9 Å². The van der Waals surface area contributed by atoms with Gasteiger partial charge in [-0.1, -0.05) is 23.9 Å². The number of Topliss-reactive ketones (excluding diaryl/α,β-unsaturated/α-hetero) is 1. The van der Waals surface area contributed by atoms with E-state index in [0.29, 0.717) is 17.3 Å². The van der Waals surface area contributed by atoms with Crippen molar-refractivity contribution in [3.63, 3.8) is 0 Å². The SMILES string of the molecule is CC(=O)c1ccccc1NC(=O)C(C)Sc1nnc(N2CCCC2)n1C1CC1. The van der Waals surface area contributed by atoms with Gasteiger partial charge < -0.3 is 10.2 Å². The highest BCUT2D eigenvalue weighted by atomic mass is 32.2. The molecule has 1 saturated heterocycles. The summed E-state index contributed by atoms with van der Waals surface area (Å²) >= 11 is 1.43. The molecule has 7 nitrogen and oxygen atoms in total. The number of amides is 1. The molecule has 0 spiro atoms. The first kappa shape index (κ1) is 19.0. The van der Waals surface area contributed by atoms with Gasteiger partial charge >= 0.3 is 0 Å². The Balaban J connectivity index is 1.49. The van der Waals surface area contributed by atoms with E-state index in [0.717, 1.165) is 37.0 Å². The predicted molar refractivity (Wildman–Crippen MR) is 110 cm³/mol. The van der Waals surface area contributed by atoms with Crippen LogP contribution in [0, 0.1) is 0 Å². The zero-order valence-electron chi connectivity index (χ0n) is 16.2. The summed E-state index contributed by atoms with van der Waals surface area (Å²) in [6, 6.07) is 7.53. The minimum absolute atomic E-state index is 0.0695. The molecule has 1 amide bonds. The fourth-order valence-electron chi connectivity index (χ4n) is 3.48. The highest BCUT2D eigenvalue weighted by Crippen LogP contribution is 2.42. The summed E-state index contributed by atoms with van der Waals surface area (Å²) in [4.78, 5) is 26.8. The van der Waals surface area contributed by atoms with Crippen molar-refractivity contribution in [1.29, 1.82) is 0 Å². The van der Waals surface area contributed by atoms with Crippen LogP contribution >= 0.6 is 11.8 Å². The maximum absolute atomic E-state index is 12.7. The molecule has 28 heavy (non-hydrogen) atoms.